The van der Waals surface area contributed by atoms with Gasteiger partial charge in [-0.25, -0.2) is 13.2 Å². The van der Waals surface area contributed by atoms with Crippen LogP contribution in [0.3, 0.4) is 0 Å². The molecule has 0 bridgehead atoms. The minimum absolute atomic E-state index is 0.0367. The highest BCUT2D eigenvalue weighted by Gasteiger charge is 2.15. The molecule has 0 unspecified atom stereocenters. The summed E-state index contributed by atoms with van der Waals surface area (Å²) in [6.45, 7) is 2.17. The molecule has 0 radical (unpaired) electrons. The molecule has 0 fully saturated rings. The molecule has 0 aliphatic rings. The fraction of sp³-hybridized carbons (Fsp3) is 0.138. The largest absolute Gasteiger partial charge is 0.206 e. The van der Waals surface area contributed by atoms with Gasteiger partial charge in [0, 0.05) is 22.1 Å². The van der Waals surface area contributed by atoms with Crippen molar-refractivity contribution >= 4 is 10.8 Å². The monoisotopic (exact) mass is 439 g/mol. The number of benzene rings is 4. The van der Waals surface area contributed by atoms with Gasteiger partial charge in [0.25, 0.3) is 0 Å². The molecule has 0 saturated heterocycles. The summed E-state index contributed by atoms with van der Waals surface area (Å²) in [7, 11) is 0. The van der Waals surface area contributed by atoms with E-state index in [4.69, 9.17) is 5.26 Å². The van der Waals surface area contributed by atoms with E-state index in [1.807, 2.05) is 12.1 Å². The number of nitrogens with zero attached hydrogens (tertiary/aromatic N) is 1. The second-order valence-corrected chi connectivity index (χ2v) is 7.84. The van der Waals surface area contributed by atoms with Crippen LogP contribution in [0.4, 0.5) is 13.2 Å². The van der Waals surface area contributed by atoms with Crippen molar-refractivity contribution in [1.82, 2.24) is 0 Å². The van der Waals surface area contributed by atoms with Gasteiger partial charge in [-0.3, -0.25) is 0 Å². The number of fused-ring (bicyclic) bond motifs is 1. The predicted molar refractivity (Wildman–Crippen MR) is 125 cm³/mol. The van der Waals surface area contributed by atoms with Crippen LogP contribution in [0, 0.1) is 40.6 Å². The Morgan fingerprint density at radius 3 is 2.12 bits per heavy atom. The lowest BCUT2D eigenvalue weighted by atomic mass is 9.98. The zero-order valence-corrected chi connectivity index (χ0v) is 18.1. The highest BCUT2D eigenvalue weighted by atomic mass is 19.1. The maximum Gasteiger partial charge on any atom is 0.144 e. The van der Waals surface area contributed by atoms with Crippen LogP contribution < -0.4 is 0 Å². The van der Waals surface area contributed by atoms with E-state index in [1.54, 1.807) is 24.3 Å². The minimum Gasteiger partial charge on any atom is -0.206 e. The van der Waals surface area contributed by atoms with Crippen molar-refractivity contribution in [2.24, 2.45) is 0 Å². The number of unbranched alkanes of at least 4 members (excludes halogenated alkanes) is 1. The molecule has 4 aromatic rings. The standard InChI is InChI=1S/C29H20F3N/c1-2-3-4-19-5-7-20(8-6-19)9-10-21-11-13-24-22(15-21)12-14-25(29(24)32)23-16-27(30)26(18-33)28(31)17-23/h5-8,11-17H,2-4H2,1H3. The van der Waals surface area contributed by atoms with Crippen LogP contribution in [0.15, 0.2) is 66.7 Å². The summed E-state index contributed by atoms with van der Waals surface area (Å²) in [6.07, 6.45) is 3.38. The van der Waals surface area contributed by atoms with E-state index in [2.05, 4.69) is 30.9 Å². The molecule has 162 valence electrons. The molecule has 0 aromatic heterocycles. The van der Waals surface area contributed by atoms with E-state index in [0.717, 1.165) is 42.5 Å². The van der Waals surface area contributed by atoms with Gasteiger partial charge in [0.2, 0.25) is 0 Å². The summed E-state index contributed by atoms with van der Waals surface area (Å²) in [5, 5.41) is 9.78. The molecule has 0 spiro atoms. The van der Waals surface area contributed by atoms with Crippen molar-refractivity contribution in [2.75, 3.05) is 0 Å². The molecule has 4 aromatic carbocycles. The van der Waals surface area contributed by atoms with Crippen LogP contribution in [-0.4, -0.2) is 0 Å². The van der Waals surface area contributed by atoms with Gasteiger partial charge in [0.15, 0.2) is 0 Å². The molecule has 0 amide bonds. The molecule has 4 rings (SSSR count). The molecule has 0 aliphatic heterocycles. The number of rotatable bonds is 4. The van der Waals surface area contributed by atoms with Crippen molar-refractivity contribution in [3.8, 4) is 29.0 Å². The van der Waals surface area contributed by atoms with Gasteiger partial charge >= 0.3 is 0 Å². The predicted octanol–water partition coefficient (Wildman–Crippen LogP) is 7.54. The smallest absolute Gasteiger partial charge is 0.144 e. The Balaban J connectivity index is 1.63. The zero-order valence-electron chi connectivity index (χ0n) is 18.1. The summed E-state index contributed by atoms with van der Waals surface area (Å²) in [4.78, 5) is 0. The Morgan fingerprint density at radius 1 is 0.788 bits per heavy atom. The lowest BCUT2D eigenvalue weighted by Gasteiger charge is -2.09. The zero-order chi connectivity index (χ0) is 23.4. The van der Waals surface area contributed by atoms with Crippen LogP contribution in [0.5, 0.6) is 0 Å². The topological polar surface area (TPSA) is 23.8 Å². The van der Waals surface area contributed by atoms with Gasteiger partial charge < -0.3 is 0 Å². The second-order valence-electron chi connectivity index (χ2n) is 7.84. The van der Waals surface area contributed by atoms with Crippen LogP contribution in [0.2, 0.25) is 0 Å². The Labute approximate surface area is 191 Å². The summed E-state index contributed by atoms with van der Waals surface area (Å²) < 4.78 is 43.2. The van der Waals surface area contributed by atoms with Crippen molar-refractivity contribution in [3.63, 3.8) is 0 Å². The molecule has 33 heavy (non-hydrogen) atoms. The molecule has 0 aliphatic carbocycles. The normalized spacial score (nSPS) is 10.5. The SMILES string of the molecule is CCCCc1ccc(C#Cc2ccc3c(F)c(-c4cc(F)c(C#N)c(F)c4)ccc3c2)cc1. The summed E-state index contributed by atoms with van der Waals surface area (Å²) in [5.41, 5.74) is 2.35. The molecule has 0 N–H and O–H groups in total. The fourth-order valence-corrected chi connectivity index (χ4v) is 3.71. The Morgan fingerprint density at radius 2 is 1.45 bits per heavy atom. The number of nitriles is 1. The van der Waals surface area contributed by atoms with E-state index in [0.29, 0.717) is 10.8 Å². The number of halogens is 3. The average molecular weight is 439 g/mol. The Bertz CT molecular complexity index is 1410. The van der Waals surface area contributed by atoms with E-state index in [9.17, 15) is 8.78 Å². The van der Waals surface area contributed by atoms with E-state index in [-0.39, 0.29) is 11.1 Å². The van der Waals surface area contributed by atoms with Crippen LogP contribution >= 0.6 is 0 Å². The van der Waals surface area contributed by atoms with Gasteiger partial charge in [-0.15, -0.1) is 0 Å². The van der Waals surface area contributed by atoms with E-state index >= 15 is 4.39 Å². The third-order valence-corrected chi connectivity index (χ3v) is 5.54. The summed E-state index contributed by atoms with van der Waals surface area (Å²) >= 11 is 0. The number of hydrogen-bond donors (Lipinski definition) is 0. The third-order valence-electron chi connectivity index (χ3n) is 5.54. The van der Waals surface area contributed by atoms with Gasteiger partial charge in [0.05, 0.1) is 0 Å². The molecule has 0 atom stereocenters. The lowest BCUT2D eigenvalue weighted by molar-refractivity contribution is 0.577. The highest BCUT2D eigenvalue weighted by Crippen LogP contribution is 2.31. The van der Waals surface area contributed by atoms with E-state index in [1.165, 1.54) is 17.7 Å². The maximum atomic E-state index is 15.2. The van der Waals surface area contributed by atoms with Crippen molar-refractivity contribution in [3.05, 3.63) is 106 Å². The molecular formula is C29H20F3N. The maximum absolute atomic E-state index is 15.2. The van der Waals surface area contributed by atoms with Crippen molar-refractivity contribution < 1.29 is 13.2 Å². The van der Waals surface area contributed by atoms with Gasteiger partial charge in [-0.05, 0) is 65.8 Å². The molecule has 4 heteroatoms. The molecule has 0 saturated carbocycles. The summed E-state index contributed by atoms with van der Waals surface area (Å²) in [6, 6.07) is 19.9. The van der Waals surface area contributed by atoms with Gasteiger partial charge in [0.1, 0.15) is 29.1 Å². The van der Waals surface area contributed by atoms with E-state index < -0.39 is 23.0 Å². The first kappa shape index (κ1) is 22.2. The van der Waals surface area contributed by atoms with Crippen LogP contribution in [0.1, 0.15) is 42.0 Å². The Kier molecular flexibility index (Phi) is 6.48. The Hall–Kier alpha value is -4.02. The lowest BCUT2D eigenvalue weighted by Crippen LogP contribution is -1.94. The van der Waals surface area contributed by atoms with Crippen molar-refractivity contribution in [2.45, 2.75) is 26.2 Å². The van der Waals surface area contributed by atoms with Gasteiger partial charge in [-0.2, -0.15) is 5.26 Å². The summed E-state index contributed by atoms with van der Waals surface area (Å²) in [5.74, 6) is 3.62. The third kappa shape index (κ3) is 4.76. The number of aryl methyl sites for hydroxylation is 1. The molecule has 0 heterocycles. The first-order chi connectivity index (χ1) is 16.0. The average Bonchev–Trinajstić information content (AvgIpc) is 2.82. The van der Waals surface area contributed by atoms with Crippen LogP contribution in [-0.2, 0) is 6.42 Å². The molecule has 1 nitrogen and oxygen atoms in total. The minimum atomic E-state index is -1.02. The first-order valence-electron chi connectivity index (χ1n) is 10.7. The quantitative estimate of drug-likeness (QED) is 0.301. The van der Waals surface area contributed by atoms with Crippen molar-refractivity contribution in [1.29, 1.82) is 5.26 Å². The van der Waals surface area contributed by atoms with Gasteiger partial charge in [-0.1, -0.05) is 55.5 Å². The highest BCUT2D eigenvalue weighted by molar-refractivity contribution is 5.89. The van der Waals surface area contributed by atoms with Crippen LogP contribution in [0.25, 0.3) is 21.9 Å². The first-order valence-corrected chi connectivity index (χ1v) is 10.7. The fourth-order valence-electron chi connectivity index (χ4n) is 3.71. The molecular weight excluding hydrogens is 419 g/mol. The second kappa shape index (κ2) is 9.63. The number of hydrogen-bond acceptors (Lipinski definition) is 1.